The van der Waals surface area contributed by atoms with Crippen LogP contribution in [-0.2, 0) is 16.4 Å². The molecular formula is C23H20FN3O2S. The van der Waals surface area contributed by atoms with Gasteiger partial charge >= 0.3 is 0 Å². The lowest BCUT2D eigenvalue weighted by atomic mass is 9.96. The fourth-order valence-corrected chi connectivity index (χ4v) is 5.43. The average molecular weight is 421 g/mol. The predicted molar refractivity (Wildman–Crippen MR) is 116 cm³/mol. The van der Waals surface area contributed by atoms with Crippen molar-refractivity contribution in [2.24, 2.45) is 0 Å². The molecule has 0 spiro atoms. The molecule has 0 radical (unpaired) electrons. The first-order valence-electron chi connectivity index (χ1n) is 9.68. The molecule has 7 heteroatoms. The van der Waals surface area contributed by atoms with Crippen LogP contribution >= 0.6 is 0 Å². The van der Waals surface area contributed by atoms with E-state index in [1.165, 1.54) is 16.1 Å². The van der Waals surface area contributed by atoms with Crippen molar-refractivity contribution in [3.05, 3.63) is 77.9 Å². The van der Waals surface area contributed by atoms with Crippen molar-refractivity contribution in [1.29, 1.82) is 0 Å². The molecule has 0 saturated heterocycles. The molecule has 0 amide bonds. The second kappa shape index (κ2) is 6.67. The maximum atomic E-state index is 14.1. The monoisotopic (exact) mass is 421 g/mol. The summed E-state index contributed by atoms with van der Waals surface area (Å²) < 4.78 is 42.2. The van der Waals surface area contributed by atoms with Crippen molar-refractivity contribution in [1.82, 2.24) is 8.96 Å². The lowest BCUT2D eigenvalue weighted by Gasteiger charge is -2.25. The minimum Gasteiger partial charge on any atom is -0.374 e. The van der Waals surface area contributed by atoms with Gasteiger partial charge in [-0.05, 0) is 60.9 Å². The second-order valence-electron chi connectivity index (χ2n) is 7.66. The van der Waals surface area contributed by atoms with Gasteiger partial charge in [0.1, 0.15) is 5.82 Å². The minimum absolute atomic E-state index is 0.210. The van der Waals surface area contributed by atoms with Crippen LogP contribution in [-0.4, -0.2) is 31.0 Å². The van der Waals surface area contributed by atoms with E-state index in [4.69, 9.17) is 0 Å². The van der Waals surface area contributed by atoms with Gasteiger partial charge in [0, 0.05) is 42.6 Å². The number of nitrogens with zero attached hydrogens (tertiary/aromatic N) is 3. The molecule has 0 bridgehead atoms. The average Bonchev–Trinajstić information content (AvgIpc) is 3.11. The number of aromatic nitrogens is 2. The zero-order valence-corrected chi connectivity index (χ0v) is 17.4. The normalized spacial score (nSPS) is 13.8. The molecule has 30 heavy (non-hydrogen) atoms. The van der Waals surface area contributed by atoms with E-state index in [1.54, 1.807) is 42.7 Å². The molecule has 2 aromatic carbocycles. The molecule has 1 aliphatic heterocycles. The molecule has 0 aliphatic carbocycles. The van der Waals surface area contributed by atoms with Gasteiger partial charge < -0.3 is 4.90 Å². The second-order valence-corrected chi connectivity index (χ2v) is 9.47. The first-order valence-corrected chi connectivity index (χ1v) is 11.1. The summed E-state index contributed by atoms with van der Waals surface area (Å²) in [6.07, 6.45) is 3.90. The number of hydrogen-bond donors (Lipinski definition) is 0. The Morgan fingerprint density at radius 1 is 1.03 bits per heavy atom. The van der Waals surface area contributed by atoms with Crippen LogP contribution in [0.2, 0.25) is 0 Å². The summed E-state index contributed by atoms with van der Waals surface area (Å²) in [5.74, 6) is -0.332. The zero-order chi connectivity index (χ0) is 21.0. The van der Waals surface area contributed by atoms with Crippen LogP contribution in [0.5, 0.6) is 0 Å². The minimum atomic E-state index is -3.82. The van der Waals surface area contributed by atoms with E-state index in [-0.39, 0.29) is 10.7 Å². The molecule has 1 aliphatic rings. The van der Waals surface area contributed by atoms with E-state index < -0.39 is 10.0 Å². The molecule has 3 heterocycles. The summed E-state index contributed by atoms with van der Waals surface area (Å²) in [6, 6.07) is 13.3. The highest BCUT2D eigenvalue weighted by Crippen LogP contribution is 2.40. The van der Waals surface area contributed by atoms with Gasteiger partial charge in [-0.15, -0.1) is 0 Å². The molecule has 0 saturated carbocycles. The predicted octanol–water partition coefficient (Wildman–Crippen LogP) is 4.38. The smallest absolute Gasteiger partial charge is 0.269 e. The SMILES string of the molecule is Cc1ccc(S(=O)(=O)n2cc3c4c(ccnc42)-c2cc(F)ccc2N(C)CC3)cc1. The Balaban J connectivity index is 1.81. The molecule has 5 nitrogen and oxygen atoms in total. The number of likely N-dealkylation sites (N-methyl/N-ethyl adjacent to an activating group) is 1. The first kappa shape index (κ1) is 18.8. The zero-order valence-electron chi connectivity index (χ0n) is 16.6. The third-order valence-corrected chi connectivity index (χ3v) is 7.35. The van der Waals surface area contributed by atoms with Crippen LogP contribution in [0.1, 0.15) is 11.1 Å². The topological polar surface area (TPSA) is 55.2 Å². The highest BCUT2D eigenvalue weighted by Gasteiger charge is 2.26. The Bertz CT molecular complexity index is 1390. The number of rotatable bonds is 2. The molecule has 2 aromatic heterocycles. The molecule has 152 valence electrons. The third-order valence-electron chi connectivity index (χ3n) is 5.69. The van der Waals surface area contributed by atoms with Crippen LogP contribution in [0.25, 0.3) is 22.2 Å². The number of halogens is 1. The Morgan fingerprint density at radius 2 is 1.80 bits per heavy atom. The van der Waals surface area contributed by atoms with Crippen LogP contribution < -0.4 is 4.90 Å². The van der Waals surface area contributed by atoms with Gasteiger partial charge in [-0.1, -0.05) is 17.7 Å². The van der Waals surface area contributed by atoms with Gasteiger partial charge in [0.2, 0.25) is 0 Å². The van der Waals surface area contributed by atoms with Crippen molar-refractivity contribution in [2.45, 2.75) is 18.2 Å². The maximum absolute atomic E-state index is 14.1. The summed E-state index contributed by atoms with van der Waals surface area (Å²) >= 11 is 0. The molecule has 5 rings (SSSR count). The van der Waals surface area contributed by atoms with E-state index in [2.05, 4.69) is 9.88 Å². The molecule has 0 fully saturated rings. The van der Waals surface area contributed by atoms with Gasteiger partial charge in [-0.25, -0.2) is 21.8 Å². The Kier molecular flexibility index (Phi) is 4.18. The summed E-state index contributed by atoms with van der Waals surface area (Å²) in [5.41, 5.74) is 4.65. The van der Waals surface area contributed by atoms with Crippen molar-refractivity contribution in [3.8, 4) is 11.1 Å². The summed E-state index contributed by atoms with van der Waals surface area (Å²) in [4.78, 5) is 6.69. The molecule has 0 atom stereocenters. The summed E-state index contributed by atoms with van der Waals surface area (Å²) in [6.45, 7) is 2.59. The number of aryl methyl sites for hydroxylation is 1. The number of anilines is 1. The number of fused-ring (bicyclic) bond motifs is 2. The highest BCUT2D eigenvalue weighted by molar-refractivity contribution is 7.90. The van der Waals surface area contributed by atoms with Gasteiger partial charge in [-0.2, -0.15) is 0 Å². The number of hydrogen-bond acceptors (Lipinski definition) is 4. The highest BCUT2D eigenvalue weighted by atomic mass is 32.2. The van der Waals surface area contributed by atoms with Crippen molar-refractivity contribution < 1.29 is 12.8 Å². The van der Waals surface area contributed by atoms with Crippen LogP contribution in [0.3, 0.4) is 0 Å². The summed E-state index contributed by atoms with van der Waals surface area (Å²) in [5, 5.41) is 0.758. The standard InChI is InChI=1S/C23H20FN3O2S/c1-15-3-6-18(7-4-15)30(28,29)27-14-16-10-12-26(2)21-8-5-17(24)13-20(21)19-9-11-25-23(27)22(16)19/h3-9,11,13-14H,10,12H2,1-2H3. The van der Waals surface area contributed by atoms with E-state index in [0.29, 0.717) is 18.6 Å². The lowest BCUT2D eigenvalue weighted by Crippen LogP contribution is -2.22. The summed E-state index contributed by atoms with van der Waals surface area (Å²) in [7, 11) is -1.86. The van der Waals surface area contributed by atoms with Crippen molar-refractivity contribution in [3.63, 3.8) is 0 Å². The Morgan fingerprint density at radius 3 is 2.57 bits per heavy atom. The van der Waals surface area contributed by atoms with Crippen molar-refractivity contribution in [2.75, 3.05) is 18.5 Å². The fourth-order valence-electron chi connectivity index (χ4n) is 4.09. The van der Waals surface area contributed by atoms with E-state index in [9.17, 15) is 12.8 Å². The molecule has 4 aromatic rings. The number of pyridine rings is 1. The lowest BCUT2D eigenvalue weighted by molar-refractivity contribution is 0.588. The van der Waals surface area contributed by atoms with E-state index in [1.807, 2.05) is 20.0 Å². The number of benzene rings is 2. The van der Waals surface area contributed by atoms with Crippen LogP contribution in [0.4, 0.5) is 10.1 Å². The van der Waals surface area contributed by atoms with Crippen LogP contribution in [0, 0.1) is 12.7 Å². The van der Waals surface area contributed by atoms with Gasteiger partial charge in [0.25, 0.3) is 10.0 Å². The molecular weight excluding hydrogens is 401 g/mol. The quantitative estimate of drug-likeness (QED) is 0.482. The third kappa shape index (κ3) is 2.81. The van der Waals surface area contributed by atoms with Gasteiger partial charge in [-0.3, -0.25) is 0 Å². The van der Waals surface area contributed by atoms with E-state index in [0.717, 1.165) is 33.3 Å². The van der Waals surface area contributed by atoms with Gasteiger partial charge in [0.15, 0.2) is 5.65 Å². The van der Waals surface area contributed by atoms with Crippen molar-refractivity contribution >= 4 is 26.7 Å². The molecule has 0 unspecified atom stereocenters. The molecule has 0 N–H and O–H groups in total. The maximum Gasteiger partial charge on any atom is 0.269 e. The Labute approximate surface area is 174 Å². The first-order chi connectivity index (χ1) is 14.4. The largest absolute Gasteiger partial charge is 0.374 e. The fraction of sp³-hybridized carbons (Fsp3) is 0.174. The van der Waals surface area contributed by atoms with Crippen LogP contribution in [0.15, 0.2) is 65.8 Å². The van der Waals surface area contributed by atoms with Gasteiger partial charge in [0.05, 0.1) is 4.90 Å². The van der Waals surface area contributed by atoms with E-state index >= 15 is 0 Å². The Hall–Kier alpha value is -3.19.